The second-order valence-corrected chi connectivity index (χ2v) is 9.93. The molecule has 1 aromatic carbocycles. The van der Waals surface area contributed by atoms with Crippen LogP contribution in [-0.2, 0) is 16.4 Å². The number of fused-ring (bicyclic) bond motifs is 1. The van der Waals surface area contributed by atoms with Gasteiger partial charge in [-0.3, -0.25) is 9.30 Å². The highest BCUT2D eigenvalue weighted by Gasteiger charge is 2.29. The Hall–Kier alpha value is -1.41. The minimum atomic E-state index is -3.33. The standard InChI is InChI=1S/C18H28N4O2S2/c1-19-18(21-15-7-8-16(13-15)25-2)20-10-12-26(23,24)22-11-9-14-5-3-4-6-17(14)22/h3-6,15-16H,7-13H2,1-2H3,(H2,19,20,21). The molecule has 2 aliphatic rings. The second kappa shape index (κ2) is 8.52. The Bertz CT molecular complexity index is 751. The van der Waals surface area contributed by atoms with Crippen LogP contribution in [0.1, 0.15) is 24.8 Å². The van der Waals surface area contributed by atoms with E-state index in [1.165, 1.54) is 6.42 Å². The number of para-hydroxylation sites is 1. The van der Waals surface area contributed by atoms with Crippen molar-refractivity contribution in [1.29, 1.82) is 0 Å². The summed E-state index contributed by atoms with van der Waals surface area (Å²) in [6.45, 7) is 0.881. The lowest BCUT2D eigenvalue weighted by molar-refractivity contribution is 0.589. The van der Waals surface area contributed by atoms with Gasteiger partial charge in [0.15, 0.2) is 5.96 Å². The van der Waals surface area contributed by atoms with Gasteiger partial charge in [0.05, 0.1) is 11.4 Å². The molecule has 1 aliphatic carbocycles. The van der Waals surface area contributed by atoms with Crippen molar-refractivity contribution in [2.24, 2.45) is 4.99 Å². The van der Waals surface area contributed by atoms with E-state index < -0.39 is 10.0 Å². The molecule has 2 N–H and O–H groups in total. The zero-order valence-electron chi connectivity index (χ0n) is 15.4. The number of sulfonamides is 1. The summed E-state index contributed by atoms with van der Waals surface area (Å²) >= 11 is 1.92. The quantitative estimate of drug-likeness (QED) is 0.567. The number of aliphatic imine (C=N–C) groups is 1. The molecule has 1 saturated carbocycles. The zero-order chi connectivity index (χ0) is 18.6. The largest absolute Gasteiger partial charge is 0.355 e. The van der Waals surface area contributed by atoms with Crippen molar-refractivity contribution in [2.45, 2.75) is 37.0 Å². The third-order valence-corrected chi connectivity index (χ3v) is 7.98. The van der Waals surface area contributed by atoms with Gasteiger partial charge < -0.3 is 10.6 Å². The summed E-state index contributed by atoms with van der Waals surface area (Å²) < 4.78 is 27.0. The van der Waals surface area contributed by atoms with Crippen molar-refractivity contribution >= 4 is 33.4 Å². The Balaban J connectivity index is 1.50. The summed E-state index contributed by atoms with van der Waals surface area (Å²) in [4.78, 5) is 4.23. The van der Waals surface area contributed by atoms with Crippen LogP contribution in [0.25, 0.3) is 0 Å². The van der Waals surface area contributed by atoms with Crippen LogP contribution in [0.4, 0.5) is 5.69 Å². The molecule has 0 bridgehead atoms. The number of thioether (sulfide) groups is 1. The van der Waals surface area contributed by atoms with Crippen LogP contribution in [0, 0.1) is 0 Å². The van der Waals surface area contributed by atoms with Gasteiger partial charge >= 0.3 is 0 Å². The van der Waals surface area contributed by atoms with Crippen LogP contribution >= 0.6 is 11.8 Å². The Morgan fingerprint density at radius 3 is 2.88 bits per heavy atom. The summed E-state index contributed by atoms with van der Waals surface area (Å²) in [5.41, 5.74) is 1.93. The number of nitrogens with one attached hydrogen (secondary N) is 2. The average Bonchev–Trinajstić information content (AvgIpc) is 3.27. The first kappa shape index (κ1) is 19.4. The topological polar surface area (TPSA) is 73.8 Å². The average molecular weight is 397 g/mol. The normalized spacial score (nSPS) is 23.2. The van der Waals surface area contributed by atoms with Gasteiger partial charge in [-0.2, -0.15) is 11.8 Å². The molecule has 6 nitrogen and oxygen atoms in total. The molecule has 26 heavy (non-hydrogen) atoms. The third kappa shape index (κ3) is 4.46. The molecule has 1 aromatic rings. The van der Waals surface area contributed by atoms with Gasteiger partial charge in [-0.1, -0.05) is 18.2 Å². The molecule has 144 valence electrons. The molecule has 8 heteroatoms. The van der Waals surface area contributed by atoms with Gasteiger partial charge in [-0.15, -0.1) is 0 Å². The maximum absolute atomic E-state index is 12.7. The van der Waals surface area contributed by atoms with Crippen LogP contribution in [-0.4, -0.2) is 57.8 Å². The van der Waals surface area contributed by atoms with E-state index in [0.29, 0.717) is 30.3 Å². The molecule has 3 rings (SSSR count). The van der Waals surface area contributed by atoms with E-state index in [4.69, 9.17) is 0 Å². The fourth-order valence-corrected chi connectivity index (χ4v) is 5.90. The van der Waals surface area contributed by atoms with E-state index in [1.54, 1.807) is 11.4 Å². The van der Waals surface area contributed by atoms with E-state index >= 15 is 0 Å². The predicted octanol–water partition coefficient (Wildman–Crippen LogP) is 1.83. The molecule has 0 radical (unpaired) electrons. The third-order valence-electron chi connectivity index (χ3n) is 5.12. The van der Waals surface area contributed by atoms with Crippen molar-refractivity contribution in [3.05, 3.63) is 29.8 Å². The molecule has 2 atom stereocenters. The van der Waals surface area contributed by atoms with Crippen LogP contribution in [0.5, 0.6) is 0 Å². The molecule has 1 aliphatic heterocycles. The van der Waals surface area contributed by atoms with E-state index in [0.717, 1.165) is 30.5 Å². The van der Waals surface area contributed by atoms with E-state index in [9.17, 15) is 8.42 Å². The number of rotatable bonds is 6. The summed E-state index contributed by atoms with van der Waals surface area (Å²) in [7, 11) is -1.61. The summed E-state index contributed by atoms with van der Waals surface area (Å²) in [6.07, 6.45) is 6.42. The van der Waals surface area contributed by atoms with Crippen molar-refractivity contribution < 1.29 is 8.42 Å². The SMILES string of the molecule is CN=C(NCCS(=O)(=O)N1CCc2ccccc21)NC1CCC(SC)C1. The Kier molecular flexibility index (Phi) is 6.34. The first-order valence-electron chi connectivity index (χ1n) is 9.12. The Morgan fingerprint density at radius 2 is 2.15 bits per heavy atom. The van der Waals surface area contributed by atoms with Crippen molar-refractivity contribution in [3.8, 4) is 0 Å². The first-order valence-corrected chi connectivity index (χ1v) is 12.0. The molecule has 1 fully saturated rings. The van der Waals surface area contributed by atoms with Crippen LogP contribution in [0.3, 0.4) is 0 Å². The highest BCUT2D eigenvalue weighted by atomic mass is 32.2. The van der Waals surface area contributed by atoms with Crippen LogP contribution in [0.2, 0.25) is 0 Å². The molecule has 2 unspecified atom stereocenters. The molecular formula is C18H28N4O2S2. The molecule has 0 saturated heterocycles. The van der Waals surface area contributed by atoms with Gasteiger partial charge in [0.2, 0.25) is 10.0 Å². The smallest absolute Gasteiger partial charge is 0.236 e. The molecule has 1 heterocycles. The van der Waals surface area contributed by atoms with Gasteiger partial charge in [-0.25, -0.2) is 8.42 Å². The minimum absolute atomic E-state index is 0.0557. The lowest BCUT2D eigenvalue weighted by atomic mass is 10.2. The lowest BCUT2D eigenvalue weighted by Crippen LogP contribution is -2.45. The summed E-state index contributed by atoms with van der Waals surface area (Å²) in [5.74, 6) is 0.744. The van der Waals surface area contributed by atoms with E-state index in [-0.39, 0.29) is 5.75 Å². The number of hydrogen-bond donors (Lipinski definition) is 2. The van der Waals surface area contributed by atoms with Gasteiger partial charge in [0, 0.05) is 31.4 Å². The zero-order valence-corrected chi connectivity index (χ0v) is 17.1. The van der Waals surface area contributed by atoms with E-state index in [1.807, 2.05) is 36.0 Å². The maximum Gasteiger partial charge on any atom is 0.236 e. The fraction of sp³-hybridized carbons (Fsp3) is 0.611. The van der Waals surface area contributed by atoms with Gasteiger partial charge in [0.1, 0.15) is 0 Å². The summed E-state index contributed by atoms with van der Waals surface area (Å²) in [5, 5.41) is 7.29. The number of benzene rings is 1. The number of hydrogen-bond acceptors (Lipinski definition) is 4. The first-order chi connectivity index (χ1) is 12.5. The highest BCUT2D eigenvalue weighted by Crippen LogP contribution is 2.30. The van der Waals surface area contributed by atoms with Crippen molar-refractivity contribution in [1.82, 2.24) is 10.6 Å². The highest BCUT2D eigenvalue weighted by molar-refractivity contribution is 7.99. The van der Waals surface area contributed by atoms with E-state index in [2.05, 4.69) is 21.9 Å². The maximum atomic E-state index is 12.7. The Morgan fingerprint density at radius 1 is 1.35 bits per heavy atom. The predicted molar refractivity (Wildman–Crippen MR) is 111 cm³/mol. The van der Waals surface area contributed by atoms with Gasteiger partial charge in [0.25, 0.3) is 0 Å². The number of anilines is 1. The number of nitrogens with zero attached hydrogens (tertiary/aromatic N) is 2. The fourth-order valence-electron chi connectivity index (χ4n) is 3.68. The van der Waals surface area contributed by atoms with Crippen LogP contribution in [0.15, 0.2) is 29.3 Å². The molecule has 0 spiro atoms. The molecule has 0 amide bonds. The second-order valence-electron chi connectivity index (χ2n) is 6.78. The minimum Gasteiger partial charge on any atom is -0.355 e. The Labute approximate surface area is 160 Å². The molecular weight excluding hydrogens is 368 g/mol. The monoisotopic (exact) mass is 396 g/mol. The van der Waals surface area contributed by atoms with Gasteiger partial charge in [-0.05, 0) is 43.6 Å². The summed E-state index contributed by atoms with van der Waals surface area (Å²) in [6, 6.07) is 8.14. The van der Waals surface area contributed by atoms with Crippen molar-refractivity contribution in [3.63, 3.8) is 0 Å². The van der Waals surface area contributed by atoms with Crippen molar-refractivity contribution in [2.75, 3.05) is 36.5 Å². The molecule has 0 aromatic heterocycles. The van der Waals surface area contributed by atoms with Crippen LogP contribution < -0.4 is 14.9 Å². The number of guanidine groups is 1. The lowest BCUT2D eigenvalue weighted by Gasteiger charge is -2.21.